The smallest absolute Gasteiger partial charge is 0.298 e. The first-order valence-corrected chi connectivity index (χ1v) is 10.9. The van der Waals surface area contributed by atoms with Crippen LogP contribution in [0, 0.1) is 0 Å². The van der Waals surface area contributed by atoms with E-state index in [2.05, 4.69) is 31.4 Å². The summed E-state index contributed by atoms with van der Waals surface area (Å²) in [4.78, 5) is 27.6. The molecule has 1 aromatic carbocycles. The number of aromatic nitrogens is 5. The Balaban J connectivity index is 1.18. The predicted molar refractivity (Wildman–Crippen MR) is 125 cm³/mol. The third-order valence-corrected chi connectivity index (χ3v) is 6.02. The summed E-state index contributed by atoms with van der Waals surface area (Å²) < 4.78 is 13.1. The van der Waals surface area contributed by atoms with Crippen molar-refractivity contribution in [1.82, 2.24) is 24.7 Å². The molecule has 3 aromatic heterocycles. The minimum atomic E-state index is -0.644. The van der Waals surface area contributed by atoms with Gasteiger partial charge in [-0.25, -0.2) is 9.97 Å². The fourth-order valence-corrected chi connectivity index (χ4v) is 4.14. The van der Waals surface area contributed by atoms with E-state index in [9.17, 15) is 4.79 Å². The Labute approximate surface area is 194 Å². The zero-order valence-electron chi connectivity index (χ0n) is 18.4. The second-order valence-electron chi connectivity index (χ2n) is 8.41. The van der Waals surface area contributed by atoms with E-state index in [1.165, 1.54) is 0 Å². The molecule has 4 aromatic rings. The maximum atomic E-state index is 12.0. The summed E-state index contributed by atoms with van der Waals surface area (Å²) in [5, 5.41) is 7.14. The highest BCUT2D eigenvalue weighted by molar-refractivity contribution is 5.96. The quantitative estimate of drug-likeness (QED) is 0.445. The van der Waals surface area contributed by atoms with Gasteiger partial charge in [-0.2, -0.15) is 10.1 Å². The van der Waals surface area contributed by atoms with E-state index in [1.807, 2.05) is 23.1 Å². The number of anilines is 3. The zero-order chi connectivity index (χ0) is 23.2. The Morgan fingerprint density at radius 3 is 2.85 bits per heavy atom. The van der Waals surface area contributed by atoms with Crippen molar-refractivity contribution in [3.05, 3.63) is 59.8 Å². The number of nitrogens with two attached hydrogens (primary N) is 1. The van der Waals surface area contributed by atoms with E-state index in [1.54, 1.807) is 30.3 Å². The van der Waals surface area contributed by atoms with Gasteiger partial charge in [0.05, 0.1) is 37.0 Å². The molecule has 6 rings (SSSR count). The standard InChI is InChI=1S/C23H22N8O3/c1-30-11-16(7-26-30)27-22-20(21(24)32)28-18(8-25-22)15-9-31(10-15)23-29-17-3-2-13(6-19(17)34-23)14-4-5-33-12-14/h2-4,6-8,11,15H,5,9-10,12H2,1H3,(H2,24,32)(H,25,27). The monoisotopic (exact) mass is 458 g/mol. The Kier molecular flexibility index (Phi) is 4.77. The predicted octanol–water partition coefficient (Wildman–Crippen LogP) is 2.21. The topological polar surface area (TPSA) is 137 Å². The fourth-order valence-electron chi connectivity index (χ4n) is 4.14. The summed E-state index contributed by atoms with van der Waals surface area (Å²) in [6.07, 6.45) is 7.15. The van der Waals surface area contributed by atoms with Gasteiger partial charge in [0.15, 0.2) is 17.1 Å². The van der Waals surface area contributed by atoms with Gasteiger partial charge in [0.2, 0.25) is 0 Å². The maximum Gasteiger partial charge on any atom is 0.298 e. The van der Waals surface area contributed by atoms with Crippen molar-refractivity contribution >= 4 is 40.1 Å². The van der Waals surface area contributed by atoms with Crippen LogP contribution in [-0.2, 0) is 11.8 Å². The van der Waals surface area contributed by atoms with Crippen LogP contribution >= 0.6 is 0 Å². The summed E-state index contributed by atoms with van der Waals surface area (Å²) in [6, 6.07) is 6.57. The van der Waals surface area contributed by atoms with Crippen molar-refractivity contribution in [2.24, 2.45) is 12.8 Å². The highest BCUT2D eigenvalue weighted by Crippen LogP contribution is 2.33. The fraction of sp³-hybridized carbons (Fsp3) is 0.261. The number of fused-ring (bicyclic) bond motifs is 1. The molecule has 34 heavy (non-hydrogen) atoms. The number of ether oxygens (including phenoxy) is 1. The summed E-state index contributed by atoms with van der Waals surface area (Å²) in [5.74, 6) is -0.253. The molecule has 0 aliphatic carbocycles. The molecule has 0 bridgehead atoms. The first kappa shape index (κ1) is 20.4. The number of aryl methyl sites for hydroxylation is 1. The number of carbonyl (C=O) groups excluding carboxylic acids is 1. The molecule has 0 unspecified atom stereocenters. The number of carbonyl (C=O) groups is 1. The van der Waals surface area contributed by atoms with Crippen molar-refractivity contribution in [3.63, 3.8) is 0 Å². The molecule has 2 aliphatic rings. The van der Waals surface area contributed by atoms with Gasteiger partial charge in [-0.15, -0.1) is 0 Å². The normalized spacial score (nSPS) is 16.0. The molecule has 2 aliphatic heterocycles. The molecule has 0 saturated carbocycles. The zero-order valence-corrected chi connectivity index (χ0v) is 18.4. The molecule has 0 atom stereocenters. The number of benzene rings is 1. The molecule has 0 spiro atoms. The Morgan fingerprint density at radius 2 is 2.12 bits per heavy atom. The Hall–Kier alpha value is -4.25. The van der Waals surface area contributed by atoms with Gasteiger partial charge < -0.3 is 25.1 Å². The SMILES string of the molecule is Cn1cc(Nc2ncc(C3CN(c4nc5ccc(C6=CCOC6)cc5o4)C3)nc2C(N)=O)cn1. The third kappa shape index (κ3) is 3.65. The van der Waals surface area contributed by atoms with E-state index in [0.717, 1.165) is 22.2 Å². The van der Waals surface area contributed by atoms with E-state index in [0.29, 0.717) is 49.5 Å². The van der Waals surface area contributed by atoms with Gasteiger partial charge >= 0.3 is 0 Å². The number of oxazole rings is 1. The lowest BCUT2D eigenvalue weighted by Gasteiger charge is -2.37. The minimum Gasteiger partial charge on any atom is -0.423 e. The first-order chi connectivity index (χ1) is 16.5. The van der Waals surface area contributed by atoms with E-state index in [-0.39, 0.29) is 11.6 Å². The van der Waals surface area contributed by atoms with Crippen LogP contribution in [0.1, 0.15) is 27.7 Å². The van der Waals surface area contributed by atoms with Crippen molar-refractivity contribution in [3.8, 4) is 0 Å². The Bertz CT molecular complexity index is 1430. The molecule has 1 fully saturated rings. The van der Waals surface area contributed by atoms with Gasteiger partial charge in [-0.1, -0.05) is 12.1 Å². The number of nitrogens with zero attached hydrogens (tertiary/aromatic N) is 6. The second-order valence-corrected chi connectivity index (χ2v) is 8.41. The summed E-state index contributed by atoms with van der Waals surface area (Å²) >= 11 is 0. The van der Waals surface area contributed by atoms with Gasteiger partial charge in [0.25, 0.3) is 11.9 Å². The van der Waals surface area contributed by atoms with Gasteiger partial charge in [-0.3, -0.25) is 9.48 Å². The van der Waals surface area contributed by atoms with Crippen molar-refractivity contribution in [2.75, 3.05) is 36.5 Å². The largest absolute Gasteiger partial charge is 0.423 e. The number of amides is 1. The Morgan fingerprint density at radius 1 is 1.24 bits per heavy atom. The molecule has 5 heterocycles. The van der Waals surface area contributed by atoms with E-state index >= 15 is 0 Å². The lowest BCUT2D eigenvalue weighted by atomic mass is 9.97. The summed E-state index contributed by atoms with van der Waals surface area (Å²) in [5.41, 5.74) is 10.9. The molecular weight excluding hydrogens is 436 g/mol. The number of hydrogen-bond donors (Lipinski definition) is 2. The van der Waals surface area contributed by atoms with Gasteiger partial charge in [0, 0.05) is 32.3 Å². The van der Waals surface area contributed by atoms with Crippen LogP contribution in [0.5, 0.6) is 0 Å². The number of hydrogen-bond acceptors (Lipinski definition) is 9. The van der Waals surface area contributed by atoms with Crippen molar-refractivity contribution in [2.45, 2.75) is 5.92 Å². The lowest BCUT2D eigenvalue weighted by molar-refractivity contribution is 0.0995. The van der Waals surface area contributed by atoms with Gasteiger partial charge in [0.1, 0.15) is 5.52 Å². The van der Waals surface area contributed by atoms with Crippen LogP contribution in [0.2, 0.25) is 0 Å². The van der Waals surface area contributed by atoms with Crippen molar-refractivity contribution in [1.29, 1.82) is 0 Å². The van der Waals surface area contributed by atoms with Crippen LogP contribution in [0.4, 0.5) is 17.5 Å². The number of nitrogens with one attached hydrogen (secondary N) is 1. The second kappa shape index (κ2) is 7.96. The van der Waals surface area contributed by atoms with E-state index in [4.69, 9.17) is 14.9 Å². The van der Waals surface area contributed by atoms with Crippen LogP contribution in [0.3, 0.4) is 0 Å². The van der Waals surface area contributed by atoms with Crippen molar-refractivity contribution < 1.29 is 13.9 Å². The molecule has 172 valence electrons. The highest BCUT2D eigenvalue weighted by Gasteiger charge is 2.33. The number of rotatable bonds is 6. The summed E-state index contributed by atoms with van der Waals surface area (Å²) in [7, 11) is 1.80. The molecule has 11 heteroatoms. The highest BCUT2D eigenvalue weighted by atomic mass is 16.5. The number of primary amides is 1. The molecule has 3 N–H and O–H groups in total. The van der Waals surface area contributed by atoms with E-state index < -0.39 is 5.91 Å². The molecule has 11 nitrogen and oxygen atoms in total. The van der Waals surface area contributed by atoms with Crippen LogP contribution < -0.4 is 16.0 Å². The van der Waals surface area contributed by atoms with Crippen LogP contribution in [-0.4, -0.2) is 56.9 Å². The molecule has 0 radical (unpaired) electrons. The summed E-state index contributed by atoms with van der Waals surface area (Å²) in [6.45, 7) is 2.57. The maximum absolute atomic E-state index is 12.0. The first-order valence-electron chi connectivity index (χ1n) is 10.9. The van der Waals surface area contributed by atoms with Crippen LogP contribution in [0.25, 0.3) is 16.7 Å². The minimum absolute atomic E-state index is 0.0874. The van der Waals surface area contributed by atoms with Gasteiger partial charge in [-0.05, 0) is 23.3 Å². The average molecular weight is 458 g/mol. The molecular formula is C23H22N8O3. The van der Waals surface area contributed by atoms with Crippen LogP contribution in [0.15, 0.2) is 47.3 Å². The third-order valence-electron chi connectivity index (χ3n) is 6.02. The molecule has 1 amide bonds. The lowest BCUT2D eigenvalue weighted by Crippen LogP contribution is -2.45. The average Bonchev–Trinajstić information content (AvgIpc) is 3.54. The molecule has 1 saturated heterocycles.